The Morgan fingerprint density at radius 2 is 1.66 bits per heavy atom. The van der Waals surface area contributed by atoms with Crippen LogP contribution in [0.5, 0.6) is 0 Å². The van der Waals surface area contributed by atoms with Gasteiger partial charge in [-0.1, -0.05) is 30.3 Å². The maximum absolute atomic E-state index is 12.1. The first-order valence-electron chi connectivity index (χ1n) is 9.91. The molecule has 0 aliphatic heterocycles. The number of nitrogens with zero attached hydrogens (tertiary/aromatic N) is 3. The van der Waals surface area contributed by atoms with Gasteiger partial charge in [-0.15, -0.1) is 0 Å². The highest BCUT2D eigenvalue weighted by Crippen LogP contribution is 2.03. The fourth-order valence-electron chi connectivity index (χ4n) is 3.02. The van der Waals surface area contributed by atoms with Crippen molar-refractivity contribution in [2.24, 2.45) is 5.73 Å². The molecule has 1 heterocycles. The van der Waals surface area contributed by atoms with Gasteiger partial charge in [-0.25, -0.2) is 0 Å². The van der Waals surface area contributed by atoms with Crippen LogP contribution >= 0.6 is 0 Å². The lowest BCUT2D eigenvalue weighted by molar-refractivity contribution is 0.0948. The lowest BCUT2D eigenvalue weighted by Crippen LogP contribution is -2.30. The van der Waals surface area contributed by atoms with Gasteiger partial charge in [-0.2, -0.15) is 0 Å². The first kappa shape index (κ1) is 22.5. The van der Waals surface area contributed by atoms with Crippen molar-refractivity contribution in [3.63, 3.8) is 0 Å². The smallest absolute Gasteiger partial charge is 0.267 e. The topological polar surface area (TPSA) is 91.6 Å². The first-order chi connectivity index (χ1) is 14.0. The molecular formula is C22H31N5O2. The molecule has 3 N–H and O–H groups in total. The number of hydrogen-bond donors (Lipinski definition) is 2. The normalized spacial score (nSPS) is 11.0. The van der Waals surface area contributed by atoms with E-state index >= 15 is 0 Å². The van der Waals surface area contributed by atoms with E-state index in [0.29, 0.717) is 12.1 Å². The standard InChI is InChI=1S/C22H31N5O2/c1-26(14-7-15-27(2)17-18-8-4-3-5-9-18)13-6-12-24-22(29)19-10-11-20(21(23)28)25-16-19/h3-5,8-11,16H,6-7,12-15,17H2,1-2H3,(H2,23,28)(H,24,29). The molecule has 2 rings (SSSR count). The highest BCUT2D eigenvalue weighted by atomic mass is 16.2. The number of aromatic nitrogens is 1. The monoisotopic (exact) mass is 397 g/mol. The molecule has 0 aliphatic rings. The number of carbonyl (C=O) groups excluding carboxylic acids is 2. The number of rotatable bonds is 12. The van der Waals surface area contributed by atoms with E-state index in [1.807, 2.05) is 6.07 Å². The molecule has 2 aromatic rings. The average Bonchev–Trinajstić information content (AvgIpc) is 2.72. The molecule has 2 amide bonds. The zero-order valence-corrected chi connectivity index (χ0v) is 17.3. The van der Waals surface area contributed by atoms with Gasteiger partial charge >= 0.3 is 0 Å². The molecule has 0 saturated carbocycles. The van der Waals surface area contributed by atoms with Gasteiger partial charge in [0, 0.05) is 19.3 Å². The fourth-order valence-corrected chi connectivity index (χ4v) is 3.02. The van der Waals surface area contributed by atoms with Crippen LogP contribution in [0.2, 0.25) is 0 Å². The number of carbonyl (C=O) groups is 2. The molecule has 0 aliphatic carbocycles. The molecular weight excluding hydrogens is 366 g/mol. The summed E-state index contributed by atoms with van der Waals surface area (Å²) >= 11 is 0. The minimum Gasteiger partial charge on any atom is -0.364 e. The third-order valence-corrected chi connectivity index (χ3v) is 4.66. The quantitative estimate of drug-likeness (QED) is 0.533. The predicted octanol–water partition coefficient (Wildman–Crippen LogP) is 1.75. The zero-order chi connectivity index (χ0) is 21.1. The van der Waals surface area contributed by atoms with Crippen molar-refractivity contribution in [1.29, 1.82) is 0 Å². The van der Waals surface area contributed by atoms with Gasteiger partial charge in [0.1, 0.15) is 5.69 Å². The summed E-state index contributed by atoms with van der Waals surface area (Å²) in [4.78, 5) is 31.6. The predicted molar refractivity (Wildman–Crippen MR) is 115 cm³/mol. The van der Waals surface area contributed by atoms with E-state index in [1.165, 1.54) is 17.8 Å². The number of amides is 2. The number of hydrogen-bond acceptors (Lipinski definition) is 5. The van der Waals surface area contributed by atoms with Gasteiger partial charge < -0.3 is 20.9 Å². The van der Waals surface area contributed by atoms with Crippen LogP contribution in [0, 0.1) is 0 Å². The Balaban J connectivity index is 1.56. The largest absolute Gasteiger partial charge is 0.364 e. The van der Waals surface area contributed by atoms with Crippen LogP contribution < -0.4 is 11.1 Å². The highest BCUT2D eigenvalue weighted by Gasteiger charge is 2.08. The summed E-state index contributed by atoms with van der Waals surface area (Å²) in [7, 11) is 4.25. The maximum Gasteiger partial charge on any atom is 0.267 e. The molecule has 0 spiro atoms. The van der Waals surface area contributed by atoms with Crippen molar-refractivity contribution < 1.29 is 9.59 Å². The van der Waals surface area contributed by atoms with Gasteiger partial charge in [0.2, 0.25) is 0 Å². The van der Waals surface area contributed by atoms with Gasteiger partial charge in [0.05, 0.1) is 5.56 Å². The van der Waals surface area contributed by atoms with Crippen LogP contribution in [0.3, 0.4) is 0 Å². The van der Waals surface area contributed by atoms with Crippen molar-refractivity contribution in [2.75, 3.05) is 40.3 Å². The van der Waals surface area contributed by atoms with E-state index in [0.717, 1.165) is 39.0 Å². The van der Waals surface area contributed by atoms with Gasteiger partial charge in [0.25, 0.3) is 11.8 Å². The molecule has 0 radical (unpaired) electrons. The lowest BCUT2D eigenvalue weighted by atomic mass is 10.2. The average molecular weight is 398 g/mol. The van der Waals surface area contributed by atoms with E-state index in [-0.39, 0.29) is 11.6 Å². The highest BCUT2D eigenvalue weighted by molar-refractivity contribution is 5.95. The second-order valence-corrected chi connectivity index (χ2v) is 7.29. The maximum atomic E-state index is 12.1. The second kappa shape index (κ2) is 11.9. The molecule has 7 nitrogen and oxygen atoms in total. The van der Waals surface area contributed by atoms with E-state index < -0.39 is 5.91 Å². The minimum atomic E-state index is -0.605. The van der Waals surface area contributed by atoms with Crippen LogP contribution in [0.4, 0.5) is 0 Å². The Bertz CT molecular complexity index is 765. The molecule has 0 bridgehead atoms. The Labute approximate surface area is 172 Å². The van der Waals surface area contributed by atoms with Crippen molar-refractivity contribution in [1.82, 2.24) is 20.1 Å². The van der Waals surface area contributed by atoms with Crippen molar-refractivity contribution in [2.45, 2.75) is 19.4 Å². The number of primary amides is 1. The van der Waals surface area contributed by atoms with E-state index in [2.05, 4.69) is 58.5 Å². The van der Waals surface area contributed by atoms with Crippen molar-refractivity contribution in [3.05, 3.63) is 65.5 Å². The molecule has 0 unspecified atom stereocenters. The fraction of sp³-hybridized carbons (Fsp3) is 0.409. The molecule has 156 valence electrons. The summed E-state index contributed by atoms with van der Waals surface area (Å²) < 4.78 is 0. The third-order valence-electron chi connectivity index (χ3n) is 4.66. The molecule has 7 heteroatoms. The van der Waals surface area contributed by atoms with Crippen LogP contribution in [-0.2, 0) is 6.54 Å². The molecule has 0 fully saturated rings. The zero-order valence-electron chi connectivity index (χ0n) is 17.3. The minimum absolute atomic E-state index is 0.151. The summed E-state index contributed by atoms with van der Waals surface area (Å²) in [6.45, 7) is 4.54. The summed E-state index contributed by atoms with van der Waals surface area (Å²) in [5, 5.41) is 2.87. The van der Waals surface area contributed by atoms with Crippen LogP contribution in [-0.4, -0.2) is 66.9 Å². The van der Waals surface area contributed by atoms with Gasteiger partial charge in [-0.05, 0) is 64.3 Å². The van der Waals surface area contributed by atoms with Gasteiger partial charge in [-0.3, -0.25) is 14.6 Å². The molecule has 0 atom stereocenters. The van der Waals surface area contributed by atoms with E-state index in [9.17, 15) is 9.59 Å². The number of nitrogens with two attached hydrogens (primary N) is 1. The number of pyridine rings is 1. The van der Waals surface area contributed by atoms with E-state index in [1.54, 1.807) is 6.07 Å². The van der Waals surface area contributed by atoms with Crippen molar-refractivity contribution in [3.8, 4) is 0 Å². The van der Waals surface area contributed by atoms with Crippen LogP contribution in [0.15, 0.2) is 48.7 Å². The molecule has 0 saturated heterocycles. The molecule has 1 aromatic heterocycles. The Hall–Kier alpha value is -2.77. The van der Waals surface area contributed by atoms with Gasteiger partial charge in [0.15, 0.2) is 0 Å². The van der Waals surface area contributed by atoms with E-state index in [4.69, 9.17) is 5.73 Å². The Kier molecular flexibility index (Phi) is 9.27. The molecule has 1 aromatic carbocycles. The number of benzene rings is 1. The Morgan fingerprint density at radius 1 is 0.966 bits per heavy atom. The SMILES string of the molecule is CN(CCCNC(=O)c1ccc(C(N)=O)nc1)CCCN(C)Cc1ccccc1. The summed E-state index contributed by atoms with van der Waals surface area (Å²) in [5.41, 5.74) is 7.05. The van der Waals surface area contributed by atoms with Crippen molar-refractivity contribution >= 4 is 11.8 Å². The molecule has 29 heavy (non-hydrogen) atoms. The second-order valence-electron chi connectivity index (χ2n) is 7.29. The summed E-state index contributed by atoms with van der Waals surface area (Å²) in [6, 6.07) is 13.5. The lowest BCUT2D eigenvalue weighted by Gasteiger charge is -2.20. The third kappa shape index (κ3) is 8.41. The summed E-state index contributed by atoms with van der Waals surface area (Å²) in [6.07, 6.45) is 3.34. The Morgan fingerprint density at radius 3 is 2.31 bits per heavy atom. The summed E-state index contributed by atoms with van der Waals surface area (Å²) in [5.74, 6) is -0.801. The van der Waals surface area contributed by atoms with Crippen LogP contribution in [0.1, 0.15) is 39.3 Å². The first-order valence-corrected chi connectivity index (χ1v) is 9.91. The van der Waals surface area contributed by atoms with Crippen LogP contribution in [0.25, 0.3) is 0 Å². The number of nitrogens with one attached hydrogen (secondary N) is 1.